The van der Waals surface area contributed by atoms with Crippen LogP contribution in [0.3, 0.4) is 0 Å². The van der Waals surface area contributed by atoms with Crippen molar-refractivity contribution in [3.8, 4) is 0 Å². The number of hydrogen-bond acceptors (Lipinski definition) is 2. The molecule has 2 amide bonds. The number of amides is 2. The van der Waals surface area contributed by atoms with E-state index in [0.717, 1.165) is 38.8 Å². The zero-order chi connectivity index (χ0) is 16.2. The van der Waals surface area contributed by atoms with Crippen molar-refractivity contribution >= 4 is 11.8 Å². The molecule has 2 aliphatic rings. The summed E-state index contributed by atoms with van der Waals surface area (Å²) in [5, 5.41) is 2.91. The molecule has 1 saturated heterocycles. The first kappa shape index (κ1) is 16.0. The molecule has 1 aromatic rings. The number of hydrogen-bond donors (Lipinski definition) is 1. The minimum absolute atomic E-state index is 0.166. The highest BCUT2D eigenvalue weighted by atomic mass is 16.2. The summed E-state index contributed by atoms with van der Waals surface area (Å²) in [6.45, 7) is 4.53. The number of nitrogens with one attached hydrogen (secondary N) is 1. The molecule has 3 rings (SSSR count). The second-order valence-electron chi connectivity index (χ2n) is 6.96. The molecule has 23 heavy (non-hydrogen) atoms. The number of aryl methyl sites for hydroxylation is 1. The fourth-order valence-corrected chi connectivity index (χ4v) is 3.15. The van der Waals surface area contributed by atoms with Gasteiger partial charge in [0.1, 0.15) is 0 Å². The van der Waals surface area contributed by atoms with Crippen molar-refractivity contribution in [3.63, 3.8) is 0 Å². The minimum Gasteiger partial charge on any atom is -0.356 e. The van der Waals surface area contributed by atoms with Gasteiger partial charge in [-0.2, -0.15) is 0 Å². The van der Waals surface area contributed by atoms with Gasteiger partial charge < -0.3 is 10.2 Å². The molecule has 0 bridgehead atoms. The fourth-order valence-electron chi connectivity index (χ4n) is 3.15. The Morgan fingerprint density at radius 1 is 1.22 bits per heavy atom. The summed E-state index contributed by atoms with van der Waals surface area (Å²) in [4.78, 5) is 25.5. The monoisotopic (exact) mass is 314 g/mol. The molecule has 0 aromatic heterocycles. The summed E-state index contributed by atoms with van der Waals surface area (Å²) in [7, 11) is 0. The van der Waals surface area contributed by atoms with Gasteiger partial charge in [0.05, 0.1) is 0 Å². The minimum atomic E-state index is 0.166. The number of likely N-dealkylation sites (tertiary alicyclic amines) is 1. The van der Waals surface area contributed by atoms with Gasteiger partial charge >= 0.3 is 0 Å². The van der Waals surface area contributed by atoms with Crippen molar-refractivity contribution in [1.29, 1.82) is 0 Å². The topological polar surface area (TPSA) is 49.4 Å². The standard InChI is InChI=1S/C19H26N2O2/c1-14-5-2-3-6-17(14)11-15-12-21(13-15)18(22)7-4-10-20-19(23)16-8-9-16/h2-3,5-6,15-16H,4,7-13H2,1H3,(H,20,23). The first-order valence-electron chi connectivity index (χ1n) is 8.73. The van der Waals surface area contributed by atoms with Gasteiger partial charge in [0.25, 0.3) is 0 Å². The summed E-state index contributed by atoms with van der Waals surface area (Å²) < 4.78 is 0. The van der Waals surface area contributed by atoms with Gasteiger partial charge in [0.2, 0.25) is 11.8 Å². The lowest BCUT2D eigenvalue weighted by Gasteiger charge is -2.39. The largest absolute Gasteiger partial charge is 0.356 e. The first-order chi connectivity index (χ1) is 11.1. The van der Waals surface area contributed by atoms with Crippen LogP contribution in [-0.2, 0) is 16.0 Å². The maximum Gasteiger partial charge on any atom is 0.223 e. The van der Waals surface area contributed by atoms with Gasteiger partial charge in [-0.15, -0.1) is 0 Å². The van der Waals surface area contributed by atoms with Crippen LogP contribution in [0.15, 0.2) is 24.3 Å². The molecule has 4 heteroatoms. The Bertz CT molecular complexity index is 574. The maximum absolute atomic E-state index is 12.1. The number of rotatable bonds is 7. The number of carbonyl (C=O) groups excluding carboxylic acids is 2. The Balaban J connectivity index is 1.30. The van der Waals surface area contributed by atoms with E-state index in [0.29, 0.717) is 18.9 Å². The summed E-state index contributed by atoms with van der Waals surface area (Å²) in [6.07, 6.45) is 4.41. The molecule has 2 fully saturated rings. The zero-order valence-corrected chi connectivity index (χ0v) is 13.9. The van der Waals surface area contributed by atoms with Gasteiger partial charge in [-0.05, 0) is 49.7 Å². The SMILES string of the molecule is Cc1ccccc1CC1CN(C(=O)CCCNC(=O)C2CC2)C1. The second kappa shape index (κ2) is 7.16. The molecule has 1 aromatic carbocycles. The van der Waals surface area contributed by atoms with Crippen molar-refractivity contribution < 1.29 is 9.59 Å². The van der Waals surface area contributed by atoms with Gasteiger partial charge in [-0.3, -0.25) is 9.59 Å². The molecule has 1 aliphatic heterocycles. The predicted octanol–water partition coefficient (Wildman–Crippen LogP) is 2.30. The third-order valence-electron chi connectivity index (χ3n) is 4.89. The summed E-state index contributed by atoms with van der Waals surface area (Å²) in [5.74, 6) is 1.24. The van der Waals surface area contributed by atoms with E-state index in [-0.39, 0.29) is 17.7 Å². The van der Waals surface area contributed by atoms with Crippen molar-refractivity contribution in [2.75, 3.05) is 19.6 Å². The molecule has 0 spiro atoms. The molecule has 1 heterocycles. The fraction of sp³-hybridized carbons (Fsp3) is 0.579. The molecule has 0 atom stereocenters. The molecular formula is C19H26N2O2. The van der Waals surface area contributed by atoms with E-state index in [9.17, 15) is 9.59 Å². The van der Waals surface area contributed by atoms with Crippen molar-refractivity contribution in [2.24, 2.45) is 11.8 Å². The van der Waals surface area contributed by atoms with Crippen LogP contribution in [0.25, 0.3) is 0 Å². The first-order valence-corrected chi connectivity index (χ1v) is 8.73. The smallest absolute Gasteiger partial charge is 0.223 e. The third kappa shape index (κ3) is 4.34. The normalized spacial score (nSPS) is 17.7. The van der Waals surface area contributed by atoms with Gasteiger partial charge in [-0.25, -0.2) is 0 Å². The third-order valence-corrected chi connectivity index (χ3v) is 4.89. The Hall–Kier alpha value is -1.84. The maximum atomic E-state index is 12.1. The predicted molar refractivity (Wildman–Crippen MR) is 89.9 cm³/mol. The lowest BCUT2D eigenvalue weighted by molar-refractivity contribution is -0.137. The Kier molecular flexibility index (Phi) is 4.99. The Morgan fingerprint density at radius 2 is 1.96 bits per heavy atom. The van der Waals surface area contributed by atoms with E-state index < -0.39 is 0 Å². The highest BCUT2D eigenvalue weighted by Crippen LogP contribution is 2.28. The van der Waals surface area contributed by atoms with Crippen LogP contribution in [0.1, 0.15) is 36.8 Å². The van der Waals surface area contributed by atoms with E-state index in [4.69, 9.17) is 0 Å². The molecule has 4 nitrogen and oxygen atoms in total. The Morgan fingerprint density at radius 3 is 2.65 bits per heavy atom. The van der Waals surface area contributed by atoms with E-state index in [1.165, 1.54) is 11.1 Å². The zero-order valence-electron chi connectivity index (χ0n) is 13.9. The number of nitrogens with zero attached hydrogens (tertiary/aromatic N) is 1. The van der Waals surface area contributed by atoms with E-state index in [1.54, 1.807) is 0 Å². The average molecular weight is 314 g/mol. The summed E-state index contributed by atoms with van der Waals surface area (Å²) in [6, 6.07) is 8.48. The molecule has 1 N–H and O–H groups in total. The highest BCUT2D eigenvalue weighted by Gasteiger charge is 2.31. The van der Waals surface area contributed by atoms with Crippen LogP contribution in [0, 0.1) is 18.8 Å². The highest BCUT2D eigenvalue weighted by molar-refractivity contribution is 5.81. The molecule has 0 radical (unpaired) electrons. The van der Waals surface area contributed by atoms with Crippen LogP contribution in [0.5, 0.6) is 0 Å². The van der Waals surface area contributed by atoms with E-state index >= 15 is 0 Å². The second-order valence-corrected chi connectivity index (χ2v) is 6.96. The Labute approximate surface area is 138 Å². The van der Waals surface area contributed by atoms with E-state index in [1.807, 2.05) is 4.90 Å². The quantitative estimate of drug-likeness (QED) is 0.785. The summed E-state index contributed by atoms with van der Waals surface area (Å²) >= 11 is 0. The average Bonchev–Trinajstić information content (AvgIpc) is 3.33. The van der Waals surface area contributed by atoms with Crippen molar-refractivity contribution in [3.05, 3.63) is 35.4 Å². The number of benzene rings is 1. The van der Waals surface area contributed by atoms with Gasteiger partial charge in [0.15, 0.2) is 0 Å². The van der Waals surface area contributed by atoms with Gasteiger partial charge in [0, 0.05) is 32.0 Å². The number of carbonyl (C=O) groups is 2. The van der Waals surface area contributed by atoms with Crippen LogP contribution < -0.4 is 5.32 Å². The van der Waals surface area contributed by atoms with Gasteiger partial charge in [-0.1, -0.05) is 24.3 Å². The van der Waals surface area contributed by atoms with Crippen molar-refractivity contribution in [2.45, 2.75) is 39.0 Å². The lowest BCUT2D eigenvalue weighted by atomic mass is 9.90. The van der Waals surface area contributed by atoms with Crippen LogP contribution in [0.4, 0.5) is 0 Å². The van der Waals surface area contributed by atoms with Crippen LogP contribution >= 0.6 is 0 Å². The molecular weight excluding hydrogens is 288 g/mol. The molecule has 124 valence electrons. The molecule has 1 aliphatic carbocycles. The van der Waals surface area contributed by atoms with Crippen molar-refractivity contribution in [1.82, 2.24) is 10.2 Å². The summed E-state index contributed by atoms with van der Waals surface area (Å²) in [5.41, 5.74) is 2.73. The molecule has 0 unspecified atom stereocenters. The molecule has 1 saturated carbocycles. The van der Waals surface area contributed by atoms with E-state index in [2.05, 4.69) is 36.5 Å². The van der Waals surface area contributed by atoms with Crippen LogP contribution in [0.2, 0.25) is 0 Å². The van der Waals surface area contributed by atoms with Crippen LogP contribution in [-0.4, -0.2) is 36.3 Å². The lowest BCUT2D eigenvalue weighted by Crippen LogP contribution is -2.50.